The number of nitrogens with two attached hydrogens (primary N) is 1. The van der Waals surface area contributed by atoms with Crippen LogP contribution in [0, 0.1) is 6.92 Å². The van der Waals surface area contributed by atoms with E-state index in [1.54, 1.807) is 18.5 Å². The SMILES string of the molecule is Cc1cnc(CNC(=O)C(C)c2cccc(N)c2)cn1. The second kappa shape index (κ2) is 6.14. The Labute approximate surface area is 118 Å². The molecule has 5 heteroatoms. The lowest BCUT2D eigenvalue weighted by molar-refractivity contribution is -0.122. The number of nitrogens with one attached hydrogen (secondary N) is 1. The molecule has 1 atom stereocenters. The second-order valence-corrected chi connectivity index (χ2v) is 4.76. The minimum Gasteiger partial charge on any atom is -0.399 e. The van der Waals surface area contributed by atoms with Crippen LogP contribution >= 0.6 is 0 Å². The van der Waals surface area contributed by atoms with Gasteiger partial charge in [-0.3, -0.25) is 14.8 Å². The first kappa shape index (κ1) is 14.0. The Kier molecular flexibility index (Phi) is 4.30. The molecule has 5 nitrogen and oxygen atoms in total. The van der Waals surface area contributed by atoms with E-state index in [4.69, 9.17) is 5.73 Å². The van der Waals surface area contributed by atoms with Crippen LogP contribution in [0.1, 0.15) is 29.8 Å². The summed E-state index contributed by atoms with van der Waals surface area (Å²) in [5.74, 6) is -0.310. The van der Waals surface area contributed by atoms with Crippen molar-refractivity contribution in [3.63, 3.8) is 0 Å². The lowest BCUT2D eigenvalue weighted by Crippen LogP contribution is -2.28. The Morgan fingerprint density at radius 1 is 1.35 bits per heavy atom. The first-order valence-electron chi connectivity index (χ1n) is 6.47. The molecule has 3 N–H and O–H groups in total. The quantitative estimate of drug-likeness (QED) is 0.830. The Balaban J connectivity index is 1.96. The van der Waals surface area contributed by atoms with E-state index in [1.807, 2.05) is 32.0 Å². The van der Waals surface area contributed by atoms with Crippen LogP contribution in [0.4, 0.5) is 5.69 Å². The Hall–Kier alpha value is -2.43. The van der Waals surface area contributed by atoms with Gasteiger partial charge >= 0.3 is 0 Å². The number of anilines is 1. The highest BCUT2D eigenvalue weighted by Gasteiger charge is 2.15. The lowest BCUT2D eigenvalue weighted by atomic mass is 10.00. The predicted octanol–water partition coefficient (Wildman–Crippen LogP) is 1.79. The molecule has 0 radical (unpaired) electrons. The van der Waals surface area contributed by atoms with Gasteiger partial charge in [0.1, 0.15) is 0 Å². The third-order valence-electron chi connectivity index (χ3n) is 3.08. The van der Waals surface area contributed by atoms with Gasteiger partial charge in [-0.2, -0.15) is 0 Å². The largest absolute Gasteiger partial charge is 0.399 e. The summed E-state index contributed by atoms with van der Waals surface area (Å²) in [7, 11) is 0. The number of carbonyl (C=O) groups is 1. The van der Waals surface area contributed by atoms with E-state index < -0.39 is 0 Å². The number of nitrogen functional groups attached to an aromatic ring is 1. The van der Waals surface area contributed by atoms with Crippen molar-refractivity contribution in [3.8, 4) is 0 Å². The monoisotopic (exact) mass is 270 g/mol. The highest BCUT2D eigenvalue weighted by Crippen LogP contribution is 2.17. The van der Waals surface area contributed by atoms with Crippen LogP contribution in [0.5, 0.6) is 0 Å². The smallest absolute Gasteiger partial charge is 0.227 e. The van der Waals surface area contributed by atoms with Crippen molar-refractivity contribution in [2.24, 2.45) is 0 Å². The number of aryl methyl sites for hydroxylation is 1. The van der Waals surface area contributed by atoms with E-state index in [0.717, 1.165) is 17.0 Å². The van der Waals surface area contributed by atoms with Gasteiger partial charge in [0, 0.05) is 11.9 Å². The van der Waals surface area contributed by atoms with Crippen LogP contribution in [-0.4, -0.2) is 15.9 Å². The van der Waals surface area contributed by atoms with Crippen molar-refractivity contribution in [1.82, 2.24) is 15.3 Å². The predicted molar refractivity (Wildman–Crippen MR) is 77.9 cm³/mol. The summed E-state index contributed by atoms with van der Waals surface area (Å²) in [6.45, 7) is 4.10. The van der Waals surface area contributed by atoms with Gasteiger partial charge in [0.15, 0.2) is 0 Å². The first-order valence-corrected chi connectivity index (χ1v) is 6.47. The highest BCUT2D eigenvalue weighted by atomic mass is 16.1. The summed E-state index contributed by atoms with van der Waals surface area (Å²) in [5.41, 5.74) is 8.88. The zero-order chi connectivity index (χ0) is 14.5. The number of amides is 1. The van der Waals surface area contributed by atoms with E-state index in [0.29, 0.717) is 12.2 Å². The summed E-state index contributed by atoms with van der Waals surface area (Å²) < 4.78 is 0. The lowest BCUT2D eigenvalue weighted by Gasteiger charge is -2.12. The zero-order valence-electron chi connectivity index (χ0n) is 11.6. The Morgan fingerprint density at radius 2 is 2.15 bits per heavy atom. The molecular formula is C15H18N4O. The topological polar surface area (TPSA) is 80.9 Å². The van der Waals surface area contributed by atoms with Gasteiger partial charge in [-0.25, -0.2) is 0 Å². The number of hydrogen-bond donors (Lipinski definition) is 2. The molecule has 1 amide bonds. The van der Waals surface area contributed by atoms with Gasteiger partial charge in [-0.1, -0.05) is 12.1 Å². The van der Waals surface area contributed by atoms with Crippen molar-refractivity contribution in [2.45, 2.75) is 26.3 Å². The molecule has 1 aromatic carbocycles. The van der Waals surface area contributed by atoms with E-state index in [9.17, 15) is 4.79 Å². The Bertz CT molecular complexity index is 595. The molecule has 0 saturated carbocycles. The number of carbonyl (C=O) groups excluding carboxylic acids is 1. The van der Waals surface area contributed by atoms with Crippen LogP contribution in [0.3, 0.4) is 0 Å². The fourth-order valence-electron chi connectivity index (χ4n) is 1.82. The molecule has 0 aliphatic heterocycles. The molecule has 20 heavy (non-hydrogen) atoms. The molecule has 2 aromatic rings. The molecule has 0 aliphatic carbocycles. The molecular weight excluding hydrogens is 252 g/mol. The van der Waals surface area contributed by atoms with Crippen LogP contribution in [-0.2, 0) is 11.3 Å². The maximum Gasteiger partial charge on any atom is 0.227 e. The highest BCUT2D eigenvalue weighted by molar-refractivity contribution is 5.83. The number of benzene rings is 1. The first-order chi connectivity index (χ1) is 9.56. The summed E-state index contributed by atoms with van der Waals surface area (Å²) in [6, 6.07) is 7.36. The van der Waals surface area contributed by atoms with Crippen LogP contribution in [0.15, 0.2) is 36.7 Å². The minimum absolute atomic E-state index is 0.0574. The summed E-state index contributed by atoms with van der Waals surface area (Å²) in [4.78, 5) is 20.4. The summed E-state index contributed by atoms with van der Waals surface area (Å²) in [6.07, 6.45) is 3.35. The third kappa shape index (κ3) is 3.54. The second-order valence-electron chi connectivity index (χ2n) is 4.76. The van der Waals surface area contributed by atoms with Crippen molar-refractivity contribution < 1.29 is 4.79 Å². The van der Waals surface area contributed by atoms with Gasteiger partial charge in [0.05, 0.1) is 30.0 Å². The van der Waals surface area contributed by atoms with Crippen LogP contribution < -0.4 is 11.1 Å². The van der Waals surface area contributed by atoms with E-state index in [-0.39, 0.29) is 11.8 Å². The molecule has 0 spiro atoms. The molecule has 0 bridgehead atoms. The van der Waals surface area contributed by atoms with Gasteiger partial charge in [0.25, 0.3) is 0 Å². The van der Waals surface area contributed by atoms with Gasteiger partial charge in [-0.05, 0) is 31.5 Å². The van der Waals surface area contributed by atoms with E-state index in [1.165, 1.54) is 0 Å². The van der Waals surface area contributed by atoms with Gasteiger partial charge in [-0.15, -0.1) is 0 Å². The molecule has 1 unspecified atom stereocenters. The number of rotatable bonds is 4. The Morgan fingerprint density at radius 3 is 2.80 bits per heavy atom. The maximum absolute atomic E-state index is 12.1. The molecule has 1 heterocycles. The molecule has 2 rings (SSSR count). The minimum atomic E-state index is -0.253. The standard InChI is InChI=1S/C15H18N4O/c1-10-7-18-14(8-17-10)9-19-15(20)11(2)12-4-3-5-13(16)6-12/h3-8,11H,9,16H2,1-2H3,(H,19,20). The third-order valence-corrected chi connectivity index (χ3v) is 3.08. The molecule has 1 aromatic heterocycles. The van der Waals surface area contributed by atoms with E-state index in [2.05, 4.69) is 15.3 Å². The van der Waals surface area contributed by atoms with Gasteiger partial charge in [0.2, 0.25) is 5.91 Å². The fourth-order valence-corrected chi connectivity index (χ4v) is 1.82. The van der Waals surface area contributed by atoms with Crippen LogP contribution in [0.25, 0.3) is 0 Å². The average Bonchev–Trinajstić information content (AvgIpc) is 2.45. The van der Waals surface area contributed by atoms with Crippen molar-refractivity contribution in [2.75, 3.05) is 5.73 Å². The van der Waals surface area contributed by atoms with Gasteiger partial charge < -0.3 is 11.1 Å². The fraction of sp³-hybridized carbons (Fsp3) is 0.267. The number of hydrogen-bond acceptors (Lipinski definition) is 4. The zero-order valence-corrected chi connectivity index (χ0v) is 11.6. The van der Waals surface area contributed by atoms with Crippen LogP contribution in [0.2, 0.25) is 0 Å². The summed E-state index contributed by atoms with van der Waals surface area (Å²) >= 11 is 0. The normalized spacial score (nSPS) is 11.9. The number of nitrogens with zero attached hydrogens (tertiary/aromatic N) is 2. The summed E-state index contributed by atoms with van der Waals surface area (Å²) in [5, 5.41) is 2.85. The molecule has 104 valence electrons. The maximum atomic E-state index is 12.1. The molecule has 0 saturated heterocycles. The molecule has 0 fully saturated rings. The van der Waals surface area contributed by atoms with Crippen molar-refractivity contribution in [1.29, 1.82) is 0 Å². The average molecular weight is 270 g/mol. The van der Waals surface area contributed by atoms with Crippen molar-refractivity contribution >= 4 is 11.6 Å². The molecule has 0 aliphatic rings. The van der Waals surface area contributed by atoms with E-state index >= 15 is 0 Å². The number of aromatic nitrogens is 2. The van der Waals surface area contributed by atoms with Crippen molar-refractivity contribution in [3.05, 3.63) is 53.6 Å².